The van der Waals surface area contributed by atoms with Crippen molar-refractivity contribution in [3.63, 3.8) is 0 Å². The van der Waals surface area contributed by atoms with Crippen molar-refractivity contribution in [1.82, 2.24) is 11.0 Å². The molecule has 18 heavy (non-hydrogen) atoms. The third kappa shape index (κ3) is 1.47. The summed E-state index contributed by atoms with van der Waals surface area (Å²) in [6, 6.07) is 20.1. The van der Waals surface area contributed by atoms with Gasteiger partial charge in [-0.05, 0) is 11.1 Å². The summed E-state index contributed by atoms with van der Waals surface area (Å²) in [4.78, 5) is 0. The zero-order valence-electron chi connectivity index (χ0n) is 9.80. The Labute approximate surface area is 105 Å². The van der Waals surface area contributed by atoms with Crippen LogP contribution in [0.3, 0.4) is 0 Å². The summed E-state index contributed by atoms with van der Waals surface area (Å²) in [6.07, 6.45) is 0. The van der Waals surface area contributed by atoms with Gasteiger partial charge < -0.3 is 5.73 Å². The van der Waals surface area contributed by atoms with Crippen molar-refractivity contribution in [1.29, 1.82) is 0 Å². The van der Waals surface area contributed by atoms with Crippen molar-refractivity contribution in [3.8, 4) is 0 Å². The number of rotatable bonds is 2. The molecule has 4 N–H and O–H groups in total. The lowest BCUT2D eigenvalue weighted by Gasteiger charge is -2.29. The Morgan fingerprint density at radius 2 is 1.33 bits per heavy atom. The van der Waals surface area contributed by atoms with Gasteiger partial charge in [0.25, 0.3) is 0 Å². The highest BCUT2D eigenvalue weighted by atomic mass is 15.6. The molecule has 0 unspecified atom stereocenters. The number of hydrogen-bond donors (Lipinski definition) is 3. The topological polar surface area (TPSA) is 62.4 Å². The van der Waals surface area contributed by atoms with E-state index in [-0.39, 0.29) is 0 Å². The fourth-order valence-electron chi connectivity index (χ4n) is 2.30. The van der Waals surface area contributed by atoms with Crippen LogP contribution in [-0.4, -0.2) is 5.84 Å². The summed E-state index contributed by atoms with van der Waals surface area (Å²) in [5, 5.41) is 4.08. The lowest BCUT2D eigenvalue weighted by Crippen LogP contribution is -2.51. The second-order valence-corrected chi connectivity index (χ2v) is 4.22. The van der Waals surface area contributed by atoms with Crippen LogP contribution in [0.2, 0.25) is 0 Å². The molecule has 4 heteroatoms. The van der Waals surface area contributed by atoms with Crippen LogP contribution in [0, 0.1) is 0 Å². The first kappa shape index (κ1) is 10.8. The van der Waals surface area contributed by atoms with E-state index >= 15 is 0 Å². The highest BCUT2D eigenvalue weighted by Gasteiger charge is 2.41. The van der Waals surface area contributed by atoms with Crippen LogP contribution >= 0.6 is 0 Å². The SMILES string of the molecule is NC1=NNNC1(c1ccccc1)c1ccccc1. The molecule has 0 saturated heterocycles. The second-order valence-electron chi connectivity index (χ2n) is 4.22. The van der Waals surface area contributed by atoms with E-state index in [0.29, 0.717) is 5.84 Å². The summed E-state index contributed by atoms with van der Waals surface area (Å²) in [5.74, 6) is 0.514. The molecule has 0 spiro atoms. The summed E-state index contributed by atoms with van der Waals surface area (Å²) in [5.41, 5.74) is 13.6. The van der Waals surface area contributed by atoms with Gasteiger partial charge in [0.1, 0.15) is 5.54 Å². The van der Waals surface area contributed by atoms with Crippen LogP contribution in [0.25, 0.3) is 0 Å². The van der Waals surface area contributed by atoms with Crippen LogP contribution in [0.15, 0.2) is 65.8 Å². The number of benzene rings is 2. The standard InChI is InChI=1S/C14H14N4/c15-13-14(17-18-16-13,11-7-3-1-4-8-11)12-9-5-2-6-10-12/h1-10,17-18H,(H2,15,16). The minimum Gasteiger partial charge on any atom is -0.383 e. The molecular formula is C14H14N4. The van der Waals surface area contributed by atoms with Crippen molar-refractivity contribution in [2.75, 3.05) is 0 Å². The van der Waals surface area contributed by atoms with E-state index in [2.05, 4.69) is 16.1 Å². The Morgan fingerprint density at radius 1 is 0.833 bits per heavy atom. The van der Waals surface area contributed by atoms with E-state index in [0.717, 1.165) is 11.1 Å². The highest BCUT2D eigenvalue weighted by Crippen LogP contribution is 2.31. The van der Waals surface area contributed by atoms with Gasteiger partial charge in [-0.25, -0.2) is 5.53 Å². The molecule has 0 radical (unpaired) electrons. The second kappa shape index (κ2) is 4.16. The van der Waals surface area contributed by atoms with Gasteiger partial charge in [-0.15, -0.1) is 5.10 Å². The lowest BCUT2D eigenvalue weighted by molar-refractivity contribution is 0.481. The monoisotopic (exact) mass is 238 g/mol. The molecule has 1 aliphatic heterocycles. The molecule has 2 aromatic carbocycles. The van der Waals surface area contributed by atoms with Gasteiger partial charge in [0.2, 0.25) is 0 Å². The van der Waals surface area contributed by atoms with Crippen molar-refractivity contribution in [2.24, 2.45) is 10.8 Å². The molecule has 1 aliphatic rings. The van der Waals surface area contributed by atoms with Gasteiger partial charge in [0.15, 0.2) is 5.84 Å². The Hall–Kier alpha value is -2.33. The smallest absolute Gasteiger partial charge is 0.152 e. The molecule has 0 aliphatic carbocycles. The van der Waals surface area contributed by atoms with Crippen LogP contribution in [0.4, 0.5) is 0 Å². The Kier molecular flexibility index (Phi) is 2.50. The Morgan fingerprint density at radius 3 is 1.72 bits per heavy atom. The maximum atomic E-state index is 6.10. The third-order valence-corrected chi connectivity index (χ3v) is 3.22. The third-order valence-electron chi connectivity index (χ3n) is 3.22. The maximum Gasteiger partial charge on any atom is 0.152 e. The van der Waals surface area contributed by atoms with Gasteiger partial charge in [-0.3, -0.25) is 0 Å². The van der Waals surface area contributed by atoms with Gasteiger partial charge in [-0.2, -0.15) is 5.43 Å². The maximum absolute atomic E-state index is 6.10. The number of nitrogens with one attached hydrogen (secondary N) is 2. The molecule has 0 atom stereocenters. The summed E-state index contributed by atoms with van der Waals surface area (Å²) < 4.78 is 0. The number of hydrazone groups is 1. The van der Waals surface area contributed by atoms with E-state index in [1.165, 1.54) is 0 Å². The largest absolute Gasteiger partial charge is 0.383 e. The molecule has 0 bridgehead atoms. The molecule has 0 amide bonds. The number of hydrazine groups is 1. The molecule has 0 fully saturated rings. The lowest BCUT2D eigenvalue weighted by atomic mass is 9.82. The first-order valence-corrected chi connectivity index (χ1v) is 5.81. The first-order valence-electron chi connectivity index (χ1n) is 5.81. The fourth-order valence-corrected chi connectivity index (χ4v) is 2.30. The fraction of sp³-hybridized carbons (Fsp3) is 0.0714. The van der Waals surface area contributed by atoms with Crippen molar-refractivity contribution in [2.45, 2.75) is 5.54 Å². The van der Waals surface area contributed by atoms with E-state index in [1.807, 2.05) is 60.7 Å². The molecule has 4 nitrogen and oxygen atoms in total. The van der Waals surface area contributed by atoms with Crippen molar-refractivity contribution in [3.05, 3.63) is 71.8 Å². The average Bonchev–Trinajstić information content (AvgIpc) is 2.84. The molecule has 0 saturated carbocycles. The molecule has 90 valence electrons. The average molecular weight is 238 g/mol. The molecule has 2 aromatic rings. The van der Waals surface area contributed by atoms with Crippen molar-refractivity contribution < 1.29 is 0 Å². The summed E-state index contributed by atoms with van der Waals surface area (Å²) in [6.45, 7) is 0. The number of amidine groups is 1. The minimum absolute atomic E-state index is 0.514. The van der Waals surface area contributed by atoms with Crippen molar-refractivity contribution >= 4 is 5.84 Å². The normalized spacial score (nSPS) is 17.0. The Bertz CT molecular complexity index is 523. The number of hydrogen-bond acceptors (Lipinski definition) is 4. The van der Waals surface area contributed by atoms with Gasteiger partial charge in [0.05, 0.1) is 0 Å². The zero-order valence-corrected chi connectivity index (χ0v) is 9.80. The minimum atomic E-state index is -0.595. The highest BCUT2D eigenvalue weighted by molar-refractivity contribution is 5.95. The molecular weight excluding hydrogens is 224 g/mol. The summed E-state index contributed by atoms with van der Waals surface area (Å²) >= 11 is 0. The predicted molar refractivity (Wildman–Crippen MR) is 71.6 cm³/mol. The first-order chi connectivity index (χ1) is 8.84. The van der Waals surface area contributed by atoms with Crippen LogP contribution < -0.4 is 16.7 Å². The number of nitrogens with zero attached hydrogens (tertiary/aromatic N) is 1. The zero-order chi connectivity index (χ0) is 12.4. The predicted octanol–water partition coefficient (Wildman–Crippen LogP) is 1.31. The van der Waals surface area contributed by atoms with Gasteiger partial charge in [0, 0.05) is 0 Å². The molecule has 0 aromatic heterocycles. The van der Waals surface area contributed by atoms with Crippen LogP contribution in [-0.2, 0) is 5.54 Å². The molecule has 3 rings (SSSR count). The van der Waals surface area contributed by atoms with Crippen LogP contribution in [0.1, 0.15) is 11.1 Å². The van der Waals surface area contributed by atoms with E-state index < -0.39 is 5.54 Å². The number of nitrogens with two attached hydrogens (primary N) is 1. The van der Waals surface area contributed by atoms with Gasteiger partial charge >= 0.3 is 0 Å². The molecule has 1 heterocycles. The van der Waals surface area contributed by atoms with E-state index in [4.69, 9.17) is 5.73 Å². The summed E-state index contributed by atoms with van der Waals surface area (Å²) in [7, 11) is 0. The Balaban J connectivity index is 2.21. The van der Waals surface area contributed by atoms with Crippen LogP contribution in [0.5, 0.6) is 0 Å². The van der Waals surface area contributed by atoms with E-state index in [1.54, 1.807) is 0 Å². The van der Waals surface area contributed by atoms with Gasteiger partial charge in [-0.1, -0.05) is 60.7 Å². The van der Waals surface area contributed by atoms with E-state index in [9.17, 15) is 0 Å². The quantitative estimate of drug-likeness (QED) is 0.739.